The lowest BCUT2D eigenvalue weighted by atomic mass is 9.99. The van der Waals surface area contributed by atoms with E-state index in [1.54, 1.807) is 6.92 Å². The highest BCUT2D eigenvalue weighted by molar-refractivity contribution is 6.29. The molecule has 1 aromatic heterocycles. The molecule has 1 aliphatic heterocycles. The fourth-order valence-electron chi connectivity index (χ4n) is 2.81. The highest BCUT2D eigenvalue weighted by Gasteiger charge is 2.19. The molecule has 2 rings (SSSR count). The third kappa shape index (κ3) is 5.79. The Bertz CT molecular complexity index is 493. The van der Waals surface area contributed by atoms with Crippen LogP contribution < -0.4 is 5.32 Å². The predicted molar refractivity (Wildman–Crippen MR) is 88.4 cm³/mol. The number of halogens is 1. The quantitative estimate of drug-likeness (QED) is 0.789. The molecule has 0 radical (unpaired) electrons. The number of β-amino-alcohol motifs (C(OH)–C–C–N with tert-alkyl or cyclic N) is 1. The average Bonchev–Trinajstić information content (AvgIpc) is 2.84. The van der Waals surface area contributed by atoms with Gasteiger partial charge in [0.1, 0.15) is 0 Å². The van der Waals surface area contributed by atoms with Crippen LogP contribution in [-0.4, -0.2) is 53.4 Å². The number of carbonyl (C=O) groups is 1. The molecule has 23 heavy (non-hydrogen) atoms. The number of amides is 1. The van der Waals surface area contributed by atoms with Crippen LogP contribution in [-0.2, 0) is 11.2 Å². The van der Waals surface area contributed by atoms with E-state index < -0.39 is 6.10 Å². The van der Waals surface area contributed by atoms with Crippen molar-refractivity contribution < 1.29 is 14.4 Å². The van der Waals surface area contributed by atoms with Gasteiger partial charge >= 0.3 is 0 Å². The summed E-state index contributed by atoms with van der Waals surface area (Å²) in [6.07, 6.45) is 2.61. The normalized spacial score (nSPS) is 18.1. The molecule has 130 valence electrons. The number of aromatic nitrogens is 1. The Morgan fingerprint density at radius 2 is 2.22 bits per heavy atom. The number of nitrogens with one attached hydrogen (secondary N) is 1. The number of hydrogen-bond donors (Lipinski definition) is 2. The van der Waals surface area contributed by atoms with Gasteiger partial charge in [0.25, 0.3) is 0 Å². The summed E-state index contributed by atoms with van der Waals surface area (Å²) in [4.78, 5) is 14.1. The zero-order valence-electron chi connectivity index (χ0n) is 13.8. The Labute approximate surface area is 142 Å². The van der Waals surface area contributed by atoms with Gasteiger partial charge in [-0.05, 0) is 56.8 Å². The Kier molecular flexibility index (Phi) is 6.87. The zero-order chi connectivity index (χ0) is 16.8. The van der Waals surface area contributed by atoms with Gasteiger partial charge < -0.3 is 19.8 Å². The van der Waals surface area contributed by atoms with Crippen LogP contribution >= 0.6 is 11.6 Å². The van der Waals surface area contributed by atoms with Crippen LogP contribution in [0.2, 0.25) is 5.22 Å². The van der Waals surface area contributed by atoms with Crippen LogP contribution in [0.1, 0.15) is 37.4 Å². The monoisotopic (exact) mass is 343 g/mol. The van der Waals surface area contributed by atoms with E-state index in [4.69, 9.17) is 16.1 Å². The summed E-state index contributed by atoms with van der Waals surface area (Å²) < 4.78 is 4.86. The van der Waals surface area contributed by atoms with Crippen molar-refractivity contribution in [3.63, 3.8) is 0 Å². The largest absolute Gasteiger partial charge is 0.390 e. The first-order valence-corrected chi connectivity index (χ1v) is 8.61. The first kappa shape index (κ1) is 18.2. The lowest BCUT2D eigenvalue weighted by Crippen LogP contribution is -2.43. The summed E-state index contributed by atoms with van der Waals surface area (Å²) >= 11 is 5.87. The molecule has 1 unspecified atom stereocenters. The average molecular weight is 344 g/mol. The minimum Gasteiger partial charge on any atom is -0.390 e. The number of piperidine rings is 1. The Balaban J connectivity index is 1.64. The lowest BCUT2D eigenvalue weighted by molar-refractivity contribution is -0.121. The summed E-state index contributed by atoms with van der Waals surface area (Å²) in [6.45, 7) is 7.00. The molecule has 0 saturated carbocycles. The van der Waals surface area contributed by atoms with Gasteiger partial charge in [-0.3, -0.25) is 4.79 Å². The molecular formula is C16H26ClN3O3. The molecule has 0 aromatic carbocycles. The fraction of sp³-hybridized carbons (Fsp3) is 0.750. The number of aryl methyl sites for hydroxylation is 1. The smallest absolute Gasteiger partial charge is 0.229 e. The van der Waals surface area contributed by atoms with E-state index in [1.165, 1.54) is 12.8 Å². The van der Waals surface area contributed by atoms with Crippen LogP contribution in [0, 0.1) is 12.8 Å². The van der Waals surface area contributed by atoms with Gasteiger partial charge in [-0.25, -0.2) is 0 Å². The number of nitrogens with zero attached hydrogens (tertiary/aromatic N) is 2. The molecule has 1 aromatic rings. The van der Waals surface area contributed by atoms with Crippen molar-refractivity contribution in [3.05, 3.63) is 16.5 Å². The van der Waals surface area contributed by atoms with Crippen LogP contribution in [0.15, 0.2) is 4.52 Å². The second-order valence-corrected chi connectivity index (χ2v) is 6.80. The minimum atomic E-state index is -0.534. The van der Waals surface area contributed by atoms with Gasteiger partial charge in [-0.15, -0.1) is 0 Å². The second kappa shape index (κ2) is 8.66. The molecule has 7 heteroatoms. The molecule has 6 nitrogen and oxygen atoms in total. The van der Waals surface area contributed by atoms with Crippen molar-refractivity contribution in [3.8, 4) is 0 Å². The van der Waals surface area contributed by atoms with Gasteiger partial charge in [0.05, 0.1) is 11.8 Å². The highest BCUT2D eigenvalue weighted by Crippen LogP contribution is 2.20. The predicted octanol–water partition coefficient (Wildman–Crippen LogP) is 1.78. The maximum absolute atomic E-state index is 11.9. The molecule has 1 saturated heterocycles. The molecule has 0 bridgehead atoms. The topological polar surface area (TPSA) is 78.6 Å². The lowest BCUT2D eigenvalue weighted by Gasteiger charge is -2.31. The summed E-state index contributed by atoms with van der Waals surface area (Å²) in [5.74, 6) is 0.670. The van der Waals surface area contributed by atoms with E-state index in [2.05, 4.69) is 22.3 Å². The third-order valence-corrected chi connectivity index (χ3v) is 4.72. The summed E-state index contributed by atoms with van der Waals surface area (Å²) in [5.41, 5.74) is 1.48. The van der Waals surface area contributed by atoms with Crippen molar-refractivity contribution in [2.24, 2.45) is 5.92 Å². The van der Waals surface area contributed by atoms with Gasteiger partial charge in [-0.2, -0.15) is 0 Å². The van der Waals surface area contributed by atoms with Crippen molar-refractivity contribution >= 4 is 17.5 Å². The molecule has 0 aliphatic carbocycles. The van der Waals surface area contributed by atoms with Crippen molar-refractivity contribution in [1.82, 2.24) is 15.4 Å². The van der Waals surface area contributed by atoms with Gasteiger partial charge in [0.15, 0.2) is 0 Å². The SMILES string of the molecule is Cc1noc(Cl)c1CCC(=O)NCC(O)CN1CCC(C)CC1. The van der Waals surface area contributed by atoms with Crippen molar-refractivity contribution in [2.45, 2.75) is 45.6 Å². The van der Waals surface area contributed by atoms with Crippen LogP contribution in [0.4, 0.5) is 0 Å². The van der Waals surface area contributed by atoms with E-state index in [-0.39, 0.29) is 17.7 Å². The van der Waals surface area contributed by atoms with E-state index in [9.17, 15) is 9.90 Å². The molecular weight excluding hydrogens is 318 g/mol. The van der Waals surface area contributed by atoms with Crippen LogP contribution in [0.5, 0.6) is 0 Å². The summed E-state index contributed by atoms with van der Waals surface area (Å²) in [5, 5.41) is 16.8. The Hall–Kier alpha value is -1.11. The highest BCUT2D eigenvalue weighted by atomic mass is 35.5. The Morgan fingerprint density at radius 1 is 1.52 bits per heavy atom. The Morgan fingerprint density at radius 3 is 2.83 bits per heavy atom. The maximum atomic E-state index is 11.9. The van der Waals surface area contributed by atoms with E-state index >= 15 is 0 Å². The molecule has 2 heterocycles. The van der Waals surface area contributed by atoms with E-state index in [0.717, 1.165) is 24.6 Å². The van der Waals surface area contributed by atoms with E-state index in [1.807, 2.05) is 0 Å². The molecule has 1 aliphatic rings. The van der Waals surface area contributed by atoms with Gasteiger partial charge in [0.2, 0.25) is 11.1 Å². The maximum Gasteiger partial charge on any atom is 0.229 e. The number of likely N-dealkylation sites (tertiary alicyclic amines) is 1. The first-order chi connectivity index (χ1) is 11.0. The number of carbonyl (C=O) groups excluding carboxylic acids is 1. The van der Waals surface area contributed by atoms with Gasteiger partial charge in [-0.1, -0.05) is 12.1 Å². The molecule has 0 spiro atoms. The summed E-state index contributed by atoms with van der Waals surface area (Å²) in [6, 6.07) is 0. The second-order valence-electron chi connectivity index (χ2n) is 6.46. The standard InChI is InChI=1S/C16H26ClN3O3/c1-11-5-7-20(8-6-11)10-13(21)9-18-15(22)4-3-14-12(2)19-23-16(14)17/h11,13,21H,3-10H2,1-2H3,(H,18,22). The van der Waals surface area contributed by atoms with E-state index in [0.29, 0.717) is 25.1 Å². The first-order valence-electron chi connectivity index (χ1n) is 8.23. The van der Waals surface area contributed by atoms with Gasteiger partial charge in [0, 0.05) is 25.1 Å². The molecule has 1 amide bonds. The van der Waals surface area contributed by atoms with Crippen molar-refractivity contribution in [1.29, 1.82) is 0 Å². The molecule has 2 N–H and O–H groups in total. The fourth-order valence-corrected chi connectivity index (χ4v) is 3.07. The van der Waals surface area contributed by atoms with Crippen LogP contribution in [0.25, 0.3) is 0 Å². The number of aliphatic hydroxyl groups excluding tert-OH is 1. The summed E-state index contributed by atoms with van der Waals surface area (Å²) in [7, 11) is 0. The van der Waals surface area contributed by atoms with Crippen LogP contribution in [0.3, 0.4) is 0 Å². The number of aliphatic hydroxyl groups is 1. The third-order valence-electron chi connectivity index (χ3n) is 4.42. The molecule has 1 fully saturated rings. The molecule has 1 atom stereocenters. The minimum absolute atomic E-state index is 0.104. The zero-order valence-corrected chi connectivity index (χ0v) is 14.6. The number of hydrogen-bond acceptors (Lipinski definition) is 5. The number of rotatable bonds is 7. The van der Waals surface area contributed by atoms with Crippen molar-refractivity contribution in [2.75, 3.05) is 26.2 Å².